The normalized spacial score (nSPS) is 26.7. The van der Waals surface area contributed by atoms with Crippen LogP contribution in [-0.4, -0.2) is 37.2 Å². The molecule has 0 aromatic carbocycles. The number of hydrogen-bond acceptors (Lipinski definition) is 3. The van der Waals surface area contributed by atoms with Gasteiger partial charge in [-0.2, -0.15) is 5.26 Å². The van der Waals surface area contributed by atoms with Crippen LogP contribution >= 0.6 is 0 Å². The number of nitriles is 1. The Hall–Kier alpha value is -0.590. The van der Waals surface area contributed by atoms with E-state index in [4.69, 9.17) is 10.00 Å². The Balaban J connectivity index is 2.40. The molecule has 0 bridgehead atoms. The fraction of sp³-hybridized carbons (Fsp3) is 0.889. The van der Waals surface area contributed by atoms with Gasteiger partial charge in [-0.25, -0.2) is 0 Å². The molecule has 0 radical (unpaired) electrons. The lowest BCUT2D eigenvalue weighted by Crippen LogP contribution is -2.42. The predicted octanol–water partition coefficient (Wildman–Crippen LogP) is 1.01. The van der Waals surface area contributed by atoms with Crippen LogP contribution in [0.25, 0.3) is 0 Å². The first-order valence-electron chi connectivity index (χ1n) is 4.45. The minimum Gasteiger partial charge on any atom is -0.380 e. The minimum atomic E-state index is -0.00306. The summed E-state index contributed by atoms with van der Waals surface area (Å²) in [4.78, 5) is 2.10. The summed E-state index contributed by atoms with van der Waals surface area (Å²) in [6.07, 6.45) is 2.27. The second kappa shape index (κ2) is 4.44. The Kier molecular flexibility index (Phi) is 3.51. The molecule has 2 atom stereocenters. The molecule has 3 nitrogen and oxygen atoms in total. The van der Waals surface area contributed by atoms with E-state index in [9.17, 15) is 0 Å². The van der Waals surface area contributed by atoms with Gasteiger partial charge in [-0.3, -0.25) is 4.90 Å². The number of likely N-dealkylation sites (N-methyl/N-ethyl adjacent to an activating group) is 1. The largest absolute Gasteiger partial charge is 0.380 e. The molecule has 0 saturated carbocycles. The van der Waals surface area contributed by atoms with Crippen molar-refractivity contribution in [3.8, 4) is 6.07 Å². The first kappa shape index (κ1) is 9.50. The zero-order valence-electron chi connectivity index (χ0n) is 7.79. The SMILES string of the molecule is CC(C#N)N(C)C1CCCOC1. The fourth-order valence-electron chi connectivity index (χ4n) is 1.45. The van der Waals surface area contributed by atoms with Gasteiger partial charge in [0.1, 0.15) is 0 Å². The summed E-state index contributed by atoms with van der Waals surface area (Å²) in [5.74, 6) is 0. The maximum absolute atomic E-state index is 8.70. The predicted molar refractivity (Wildman–Crippen MR) is 46.7 cm³/mol. The molecular weight excluding hydrogens is 152 g/mol. The number of rotatable bonds is 2. The fourth-order valence-corrected chi connectivity index (χ4v) is 1.45. The van der Waals surface area contributed by atoms with E-state index in [1.54, 1.807) is 0 Å². The van der Waals surface area contributed by atoms with E-state index >= 15 is 0 Å². The van der Waals surface area contributed by atoms with Gasteiger partial charge in [0.25, 0.3) is 0 Å². The Morgan fingerprint density at radius 1 is 1.67 bits per heavy atom. The lowest BCUT2D eigenvalue weighted by Gasteiger charge is -2.32. The molecule has 0 amide bonds. The van der Waals surface area contributed by atoms with Crippen molar-refractivity contribution in [1.82, 2.24) is 4.90 Å². The Labute approximate surface area is 73.9 Å². The molecule has 1 fully saturated rings. The van der Waals surface area contributed by atoms with E-state index < -0.39 is 0 Å². The molecule has 0 aromatic heterocycles. The van der Waals surface area contributed by atoms with Crippen molar-refractivity contribution in [3.63, 3.8) is 0 Å². The number of nitrogens with zero attached hydrogens (tertiary/aromatic N) is 2. The molecule has 1 aliphatic rings. The van der Waals surface area contributed by atoms with Crippen LogP contribution in [-0.2, 0) is 4.74 Å². The van der Waals surface area contributed by atoms with Crippen molar-refractivity contribution in [2.45, 2.75) is 31.8 Å². The maximum atomic E-state index is 8.70. The third kappa shape index (κ3) is 2.20. The van der Waals surface area contributed by atoms with Crippen molar-refractivity contribution < 1.29 is 4.74 Å². The first-order valence-corrected chi connectivity index (χ1v) is 4.45. The lowest BCUT2D eigenvalue weighted by atomic mass is 10.1. The van der Waals surface area contributed by atoms with E-state index in [1.165, 1.54) is 0 Å². The van der Waals surface area contributed by atoms with Crippen molar-refractivity contribution in [1.29, 1.82) is 5.26 Å². The molecule has 2 unspecified atom stereocenters. The summed E-state index contributed by atoms with van der Waals surface area (Å²) in [6, 6.07) is 2.67. The summed E-state index contributed by atoms with van der Waals surface area (Å²) in [5, 5.41) is 8.70. The molecular formula is C9H16N2O. The second-order valence-corrected chi connectivity index (χ2v) is 3.34. The van der Waals surface area contributed by atoms with E-state index in [0.29, 0.717) is 6.04 Å². The maximum Gasteiger partial charge on any atom is 0.0950 e. The molecule has 0 aromatic rings. The quantitative estimate of drug-likeness (QED) is 0.617. The molecule has 1 rings (SSSR count). The summed E-state index contributed by atoms with van der Waals surface area (Å²) in [5.41, 5.74) is 0. The Morgan fingerprint density at radius 3 is 2.92 bits per heavy atom. The van der Waals surface area contributed by atoms with Gasteiger partial charge < -0.3 is 4.74 Å². The monoisotopic (exact) mass is 168 g/mol. The third-order valence-corrected chi connectivity index (χ3v) is 2.51. The average molecular weight is 168 g/mol. The van der Waals surface area contributed by atoms with Gasteiger partial charge >= 0.3 is 0 Å². The molecule has 0 aliphatic carbocycles. The Morgan fingerprint density at radius 2 is 2.42 bits per heavy atom. The highest BCUT2D eigenvalue weighted by Crippen LogP contribution is 2.13. The zero-order valence-corrected chi connectivity index (χ0v) is 7.79. The molecule has 0 N–H and O–H groups in total. The van der Waals surface area contributed by atoms with Gasteiger partial charge in [0.05, 0.1) is 18.7 Å². The molecule has 1 heterocycles. The Bertz CT molecular complexity index is 170. The van der Waals surface area contributed by atoms with Crippen LogP contribution in [0.15, 0.2) is 0 Å². The van der Waals surface area contributed by atoms with Crippen LogP contribution in [0.3, 0.4) is 0 Å². The van der Waals surface area contributed by atoms with Gasteiger partial charge in [-0.15, -0.1) is 0 Å². The summed E-state index contributed by atoms with van der Waals surface area (Å²) >= 11 is 0. The van der Waals surface area contributed by atoms with Crippen LogP contribution in [0.1, 0.15) is 19.8 Å². The molecule has 0 spiro atoms. The van der Waals surface area contributed by atoms with Crippen LogP contribution < -0.4 is 0 Å². The second-order valence-electron chi connectivity index (χ2n) is 3.34. The molecule has 1 saturated heterocycles. The van der Waals surface area contributed by atoms with E-state index in [1.807, 2.05) is 14.0 Å². The smallest absolute Gasteiger partial charge is 0.0950 e. The molecule has 68 valence electrons. The van der Waals surface area contributed by atoms with Gasteiger partial charge in [0.15, 0.2) is 0 Å². The number of hydrogen-bond donors (Lipinski definition) is 0. The topological polar surface area (TPSA) is 36.3 Å². The van der Waals surface area contributed by atoms with Gasteiger partial charge in [-0.1, -0.05) is 0 Å². The molecule has 3 heteroatoms. The minimum absolute atomic E-state index is 0.00306. The molecule has 1 aliphatic heterocycles. The van der Waals surface area contributed by atoms with E-state index in [2.05, 4.69) is 11.0 Å². The zero-order chi connectivity index (χ0) is 8.97. The van der Waals surface area contributed by atoms with E-state index in [-0.39, 0.29) is 6.04 Å². The van der Waals surface area contributed by atoms with Crippen molar-refractivity contribution >= 4 is 0 Å². The van der Waals surface area contributed by atoms with E-state index in [0.717, 1.165) is 26.1 Å². The van der Waals surface area contributed by atoms with Crippen molar-refractivity contribution in [3.05, 3.63) is 0 Å². The third-order valence-electron chi connectivity index (χ3n) is 2.51. The standard InChI is InChI=1S/C9H16N2O/c1-8(6-10)11(2)9-4-3-5-12-7-9/h8-9H,3-5,7H2,1-2H3. The van der Waals surface area contributed by atoms with Crippen LogP contribution in [0.2, 0.25) is 0 Å². The highest BCUT2D eigenvalue weighted by Gasteiger charge is 2.21. The highest BCUT2D eigenvalue weighted by molar-refractivity contribution is 4.89. The number of ether oxygens (including phenoxy) is 1. The average Bonchev–Trinajstić information content (AvgIpc) is 2.17. The van der Waals surface area contributed by atoms with Crippen LogP contribution in [0.5, 0.6) is 0 Å². The van der Waals surface area contributed by atoms with Crippen molar-refractivity contribution in [2.75, 3.05) is 20.3 Å². The molecule has 12 heavy (non-hydrogen) atoms. The highest BCUT2D eigenvalue weighted by atomic mass is 16.5. The van der Waals surface area contributed by atoms with Gasteiger partial charge in [-0.05, 0) is 26.8 Å². The first-order chi connectivity index (χ1) is 5.75. The van der Waals surface area contributed by atoms with Crippen LogP contribution in [0, 0.1) is 11.3 Å². The lowest BCUT2D eigenvalue weighted by molar-refractivity contribution is 0.0219. The van der Waals surface area contributed by atoms with Gasteiger partial charge in [0, 0.05) is 12.6 Å². The summed E-state index contributed by atoms with van der Waals surface area (Å²) < 4.78 is 5.35. The summed E-state index contributed by atoms with van der Waals surface area (Å²) in [6.45, 7) is 3.59. The van der Waals surface area contributed by atoms with Crippen LogP contribution in [0.4, 0.5) is 0 Å². The van der Waals surface area contributed by atoms with Gasteiger partial charge in [0.2, 0.25) is 0 Å². The summed E-state index contributed by atoms with van der Waals surface area (Å²) in [7, 11) is 1.99. The van der Waals surface area contributed by atoms with Crippen molar-refractivity contribution in [2.24, 2.45) is 0 Å².